The van der Waals surface area contributed by atoms with Gasteiger partial charge >= 0.3 is 0 Å². The Morgan fingerprint density at radius 2 is 1.76 bits per heavy atom. The molecule has 1 aliphatic heterocycles. The van der Waals surface area contributed by atoms with E-state index in [1.54, 1.807) is 6.33 Å². The van der Waals surface area contributed by atoms with Crippen molar-refractivity contribution in [2.24, 2.45) is 22.7 Å². The fraction of sp³-hybridized carbons (Fsp3) is 0.760. The minimum Gasteiger partial charge on any atom is -0.414 e. The van der Waals surface area contributed by atoms with Crippen LogP contribution in [0.4, 0.5) is 5.82 Å². The fourth-order valence-corrected chi connectivity index (χ4v) is 5.11. The zero-order valence-electron chi connectivity index (χ0n) is 22.5. The molecule has 3 heterocycles. The predicted octanol–water partition coefficient (Wildman–Crippen LogP) is 5.55. The topological polar surface area (TPSA) is 112 Å². The van der Waals surface area contributed by atoms with Gasteiger partial charge in [-0.05, 0) is 35.4 Å². The third-order valence-corrected chi connectivity index (χ3v) is 13.0. The standard InChI is InChI=1S/C25H42N6O2Si/c1-23(2,3)25(7,8)11-16-17(12-26)18(13-32-34(9,10)24(4,5)6)33-22(16)31-15-30-19-20(27)28-14-29-21(19)31/h14-18,22H,11,13H2,1-10H3,(H2,27,28,29)/t16-,17-,18-,22-/m1/s1. The minimum atomic E-state index is -2.00. The van der Waals surface area contributed by atoms with Gasteiger partial charge in [-0.15, -0.1) is 0 Å². The number of imidazole rings is 1. The molecule has 3 rings (SSSR count). The molecule has 0 radical (unpaired) electrons. The van der Waals surface area contributed by atoms with Crippen LogP contribution in [0, 0.1) is 34.0 Å². The molecular formula is C25H42N6O2Si. The number of fused-ring (bicyclic) bond motifs is 1. The van der Waals surface area contributed by atoms with E-state index < -0.39 is 14.5 Å². The van der Waals surface area contributed by atoms with Gasteiger partial charge in [-0.25, -0.2) is 15.0 Å². The summed E-state index contributed by atoms with van der Waals surface area (Å²) in [6.45, 7) is 22.8. The first-order valence-electron chi connectivity index (χ1n) is 12.1. The Morgan fingerprint density at radius 1 is 1.12 bits per heavy atom. The number of ether oxygens (including phenoxy) is 1. The monoisotopic (exact) mass is 486 g/mol. The van der Waals surface area contributed by atoms with Crippen LogP contribution in [0.2, 0.25) is 18.1 Å². The molecule has 0 bridgehead atoms. The van der Waals surface area contributed by atoms with E-state index in [1.807, 2.05) is 4.57 Å². The maximum atomic E-state index is 10.3. The van der Waals surface area contributed by atoms with Gasteiger partial charge in [-0.1, -0.05) is 55.4 Å². The second-order valence-electron chi connectivity index (χ2n) is 12.9. The minimum absolute atomic E-state index is 0.0338. The lowest BCUT2D eigenvalue weighted by Gasteiger charge is -2.42. The molecule has 2 aromatic heterocycles. The molecule has 1 fully saturated rings. The predicted molar refractivity (Wildman–Crippen MR) is 137 cm³/mol. The van der Waals surface area contributed by atoms with Crippen molar-refractivity contribution >= 4 is 25.3 Å². The molecule has 1 saturated heterocycles. The maximum Gasteiger partial charge on any atom is 0.192 e. The van der Waals surface area contributed by atoms with Gasteiger partial charge in [0, 0.05) is 5.92 Å². The molecule has 1 aliphatic rings. The van der Waals surface area contributed by atoms with E-state index in [0.29, 0.717) is 23.6 Å². The average Bonchev–Trinajstić information content (AvgIpc) is 3.26. The first-order valence-corrected chi connectivity index (χ1v) is 15.0. The molecule has 0 aromatic carbocycles. The van der Waals surface area contributed by atoms with E-state index in [2.05, 4.69) is 89.5 Å². The summed E-state index contributed by atoms with van der Waals surface area (Å²) in [7, 11) is -2.00. The number of nitrogens with zero attached hydrogens (tertiary/aromatic N) is 5. The summed E-state index contributed by atoms with van der Waals surface area (Å²) in [6, 6.07) is 2.58. The molecule has 4 atom stereocenters. The van der Waals surface area contributed by atoms with E-state index in [4.69, 9.17) is 14.9 Å². The molecule has 0 spiro atoms. The van der Waals surface area contributed by atoms with Crippen LogP contribution in [0.3, 0.4) is 0 Å². The summed E-state index contributed by atoms with van der Waals surface area (Å²) >= 11 is 0. The van der Waals surface area contributed by atoms with Crippen LogP contribution in [0.1, 0.15) is 68.0 Å². The van der Waals surface area contributed by atoms with Crippen LogP contribution in [-0.4, -0.2) is 40.5 Å². The highest BCUT2D eigenvalue weighted by Gasteiger charge is 2.50. The fourth-order valence-electron chi connectivity index (χ4n) is 4.10. The van der Waals surface area contributed by atoms with E-state index in [0.717, 1.165) is 6.42 Å². The number of nitrogen functional groups attached to an aromatic ring is 1. The molecule has 34 heavy (non-hydrogen) atoms. The molecule has 188 valence electrons. The van der Waals surface area contributed by atoms with E-state index in [9.17, 15) is 5.26 Å². The van der Waals surface area contributed by atoms with Crippen molar-refractivity contribution in [3.8, 4) is 6.07 Å². The number of nitrogens with two attached hydrogens (primary N) is 1. The summed E-state index contributed by atoms with van der Waals surface area (Å²) in [5, 5.41) is 10.4. The Hall–Kier alpha value is -2.02. The smallest absolute Gasteiger partial charge is 0.192 e. The Labute approximate surface area is 205 Å². The molecular weight excluding hydrogens is 444 g/mol. The first kappa shape index (κ1) is 26.6. The lowest BCUT2D eigenvalue weighted by atomic mass is 9.63. The van der Waals surface area contributed by atoms with Gasteiger partial charge in [-0.3, -0.25) is 4.57 Å². The number of nitriles is 1. The third kappa shape index (κ3) is 4.86. The lowest BCUT2D eigenvalue weighted by molar-refractivity contribution is -0.0389. The van der Waals surface area contributed by atoms with Crippen LogP contribution in [-0.2, 0) is 9.16 Å². The summed E-state index contributed by atoms with van der Waals surface area (Å²) in [4.78, 5) is 13.0. The molecule has 0 unspecified atom stereocenters. The summed E-state index contributed by atoms with van der Waals surface area (Å²) < 4.78 is 15.1. The van der Waals surface area contributed by atoms with Gasteiger partial charge in [0.15, 0.2) is 19.8 Å². The van der Waals surface area contributed by atoms with E-state index in [1.165, 1.54) is 6.33 Å². The molecule has 0 saturated carbocycles. The van der Waals surface area contributed by atoms with Gasteiger partial charge in [0.2, 0.25) is 0 Å². The van der Waals surface area contributed by atoms with Gasteiger partial charge in [0.05, 0.1) is 31.0 Å². The van der Waals surface area contributed by atoms with Crippen LogP contribution in [0.5, 0.6) is 0 Å². The van der Waals surface area contributed by atoms with Crippen LogP contribution in [0.25, 0.3) is 11.2 Å². The quantitative estimate of drug-likeness (QED) is 0.533. The molecule has 8 nitrogen and oxygen atoms in total. The highest BCUT2D eigenvalue weighted by molar-refractivity contribution is 6.74. The Morgan fingerprint density at radius 3 is 2.32 bits per heavy atom. The Bertz CT molecular complexity index is 1060. The second-order valence-corrected chi connectivity index (χ2v) is 17.7. The largest absolute Gasteiger partial charge is 0.414 e. The number of hydrogen-bond acceptors (Lipinski definition) is 7. The first-order chi connectivity index (χ1) is 15.5. The molecule has 2 N–H and O–H groups in total. The van der Waals surface area contributed by atoms with Crippen molar-refractivity contribution in [3.05, 3.63) is 12.7 Å². The molecule has 0 aliphatic carbocycles. The van der Waals surface area contributed by atoms with Crippen molar-refractivity contribution in [2.45, 2.75) is 92.3 Å². The van der Waals surface area contributed by atoms with Gasteiger partial charge < -0.3 is 14.9 Å². The number of hydrogen-bond donors (Lipinski definition) is 1. The van der Waals surface area contributed by atoms with Gasteiger partial charge in [-0.2, -0.15) is 5.26 Å². The maximum absolute atomic E-state index is 10.3. The summed E-state index contributed by atoms with van der Waals surface area (Å²) in [5.74, 6) is -0.0307. The van der Waals surface area contributed by atoms with Crippen LogP contribution in [0.15, 0.2) is 12.7 Å². The molecule has 0 amide bonds. The lowest BCUT2D eigenvalue weighted by Crippen LogP contribution is -2.43. The zero-order chi connectivity index (χ0) is 25.7. The highest BCUT2D eigenvalue weighted by Crippen LogP contribution is 2.51. The summed E-state index contributed by atoms with van der Waals surface area (Å²) in [5.41, 5.74) is 7.24. The number of anilines is 1. The average molecular weight is 487 g/mol. The number of rotatable bonds is 6. The van der Waals surface area contributed by atoms with Crippen molar-refractivity contribution in [2.75, 3.05) is 12.3 Å². The van der Waals surface area contributed by atoms with E-state index in [-0.39, 0.29) is 33.8 Å². The zero-order valence-corrected chi connectivity index (χ0v) is 23.5. The Kier molecular flexibility index (Phi) is 6.94. The number of aromatic nitrogens is 4. The van der Waals surface area contributed by atoms with Crippen LogP contribution >= 0.6 is 0 Å². The van der Waals surface area contributed by atoms with Crippen molar-refractivity contribution in [1.82, 2.24) is 19.5 Å². The van der Waals surface area contributed by atoms with E-state index >= 15 is 0 Å². The molecule has 2 aromatic rings. The third-order valence-electron chi connectivity index (χ3n) is 8.54. The van der Waals surface area contributed by atoms with Crippen molar-refractivity contribution in [1.29, 1.82) is 5.26 Å². The van der Waals surface area contributed by atoms with Crippen molar-refractivity contribution < 1.29 is 9.16 Å². The normalized spacial score (nSPS) is 24.5. The van der Waals surface area contributed by atoms with Gasteiger partial charge in [0.1, 0.15) is 18.1 Å². The molecule has 9 heteroatoms. The van der Waals surface area contributed by atoms with Gasteiger partial charge in [0.25, 0.3) is 0 Å². The highest BCUT2D eigenvalue weighted by atomic mass is 28.4. The second kappa shape index (κ2) is 8.88. The summed E-state index contributed by atoms with van der Waals surface area (Å²) in [6.07, 6.45) is 3.25. The SMILES string of the molecule is CC(C)(C)C(C)(C)C[C@@H]1[C@@H](C#N)[C@@H](CO[Si](C)(C)C(C)(C)C)O[C@H]1n1cnc2c(N)ncnc21. The van der Waals surface area contributed by atoms with Crippen molar-refractivity contribution in [3.63, 3.8) is 0 Å². The van der Waals surface area contributed by atoms with Crippen LogP contribution < -0.4 is 5.73 Å². The Balaban J connectivity index is 2.01.